The quantitative estimate of drug-likeness (QED) is 0.585. The van der Waals surface area contributed by atoms with Gasteiger partial charge in [-0.1, -0.05) is 12.1 Å². The number of ketones is 1. The molecule has 1 amide bonds. The first-order valence-electron chi connectivity index (χ1n) is 10.9. The van der Waals surface area contributed by atoms with Crippen LogP contribution in [0.15, 0.2) is 36.4 Å². The van der Waals surface area contributed by atoms with Crippen molar-refractivity contribution in [2.45, 2.75) is 51.6 Å². The number of methoxy groups -OCH3 is 2. The van der Waals surface area contributed by atoms with Crippen molar-refractivity contribution in [1.29, 1.82) is 0 Å². The molecule has 8 nitrogen and oxygen atoms in total. The molecule has 2 aromatic rings. The molecule has 0 spiro atoms. The molecule has 1 N–H and O–H groups in total. The minimum Gasteiger partial charge on any atom is -0.497 e. The molecule has 0 aliphatic heterocycles. The maximum atomic E-state index is 13.3. The van der Waals surface area contributed by atoms with Crippen LogP contribution in [-0.4, -0.2) is 42.7 Å². The third kappa shape index (κ3) is 6.54. The summed E-state index contributed by atoms with van der Waals surface area (Å²) in [5, 5.41) is 2.77. The van der Waals surface area contributed by atoms with E-state index in [1.807, 2.05) is 0 Å². The number of aromatic nitrogens is 1. The Kier molecular flexibility index (Phi) is 7.36. The summed E-state index contributed by atoms with van der Waals surface area (Å²) >= 11 is 0. The first-order chi connectivity index (χ1) is 15.6. The van der Waals surface area contributed by atoms with Crippen LogP contribution in [0.5, 0.6) is 5.75 Å². The Balaban J connectivity index is 1.98. The molecule has 0 saturated heterocycles. The number of Topliss-reactive ketones (excluding diaryl/α,β-unsaturated/α-hetero) is 1. The van der Waals surface area contributed by atoms with Crippen LogP contribution in [0, 0.1) is 5.92 Å². The van der Waals surface area contributed by atoms with Crippen LogP contribution in [0.2, 0.25) is 0 Å². The summed E-state index contributed by atoms with van der Waals surface area (Å²) in [4.78, 5) is 42.1. The van der Waals surface area contributed by atoms with Crippen molar-refractivity contribution in [2.75, 3.05) is 19.5 Å². The van der Waals surface area contributed by atoms with E-state index < -0.39 is 23.6 Å². The number of nitrogens with one attached hydrogen (secondary N) is 1. The number of rotatable bonds is 8. The first-order valence-corrected chi connectivity index (χ1v) is 10.9. The number of hydrogen-bond acceptors (Lipinski definition) is 7. The van der Waals surface area contributed by atoms with Crippen molar-refractivity contribution in [1.82, 2.24) is 4.98 Å². The number of carbonyl (C=O) groups is 3. The van der Waals surface area contributed by atoms with Gasteiger partial charge in [-0.05, 0) is 57.4 Å². The fourth-order valence-electron chi connectivity index (χ4n) is 3.52. The number of esters is 1. The molecule has 3 rings (SSSR count). The molecule has 1 aromatic heterocycles. The van der Waals surface area contributed by atoms with Gasteiger partial charge in [0.15, 0.2) is 0 Å². The number of pyridine rings is 1. The monoisotopic (exact) mass is 454 g/mol. The molecule has 1 fully saturated rings. The lowest BCUT2D eigenvalue weighted by Crippen LogP contribution is -2.28. The third-order valence-electron chi connectivity index (χ3n) is 5.21. The summed E-state index contributed by atoms with van der Waals surface area (Å²) in [5.41, 5.74) is 1.16. The number of benzene rings is 1. The molecule has 1 atom stereocenters. The molecule has 1 unspecified atom stereocenters. The van der Waals surface area contributed by atoms with E-state index in [2.05, 4.69) is 10.3 Å². The van der Waals surface area contributed by atoms with Crippen molar-refractivity contribution in [2.24, 2.45) is 5.92 Å². The molecule has 1 aromatic carbocycles. The van der Waals surface area contributed by atoms with E-state index >= 15 is 0 Å². The molecular weight excluding hydrogens is 424 g/mol. The Morgan fingerprint density at radius 1 is 1.12 bits per heavy atom. The summed E-state index contributed by atoms with van der Waals surface area (Å²) in [7, 11) is 2.82. The maximum Gasteiger partial charge on any atom is 0.412 e. The van der Waals surface area contributed by atoms with Gasteiger partial charge in [-0.3, -0.25) is 10.1 Å². The zero-order chi connectivity index (χ0) is 24.2. The van der Waals surface area contributed by atoms with Gasteiger partial charge in [0, 0.05) is 24.1 Å². The molecule has 176 valence electrons. The van der Waals surface area contributed by atoms with Crippen LogP contribution < -0.4 is 10.1 Å². The van der Waals surface area contributed by atoms with Crippen molar-refractivity contribution in [3.8, 4) is 5.75 Å². The van der Waals surface area contributed by atoms with E-state index in [0.717, 1.165) is 12.8 Å². The van der Waals surface area contributed by atoms with E-state index in [9.17, 15) is 14.4 Å². The molecule has 0 bridgehead atoms. The van der Waals surface area contributed by atoms with E-state index in [4.69, 9.17) is 14.2 Å². The normalized spacial score (nSPS) is 14.2. The molecule has 8 heteroatoms. The number of amides is 1. The van der Waals surface area contributed by atoms with Crippen LogP contribution in [0.3, 0.4) is 0 Å². The third-order valence-corrected chi connectivity index (χ3v) is 5.21. The highest BCUT2D eigenvalue weighted by molar-refractivity contribution is 5.94. The van der Waals surface area contributed by atoms with Gasteiger partial charge in [-0.15, -0.1) is 0 Å². The van der Waals surface area contributed by atoms with Gasteiger partial charge in [-0.2, -0.15) is 0 Å². The first kappa shape index (κ1) is 24.2. The van der Waals surface area contributed by atoms with Crippen LogP contribution in [-0.2, 0) is 20.7 Å². The van der Waals surface area contributed by atoms with Crippen LogP contribution in [0.4, 0.5) is 10.5 Å². The van der Waals surface area contributed by atoms with Gasteiger partial charge >= 0.3 is 12.1 Å². The SMILES string of the molecule is COC(=O)c1cccc(CC(C(=O)C2CC2)c2ccc(OC)cc2NC(=O)OC(C)(C)C)n1. The Bertz CT molecular complexity index is 1040. The van der Waals surface area contributed by atoms with Gasteiger partial charge in [0.2, 0.25) is 0 Å². The molecule has 1 heterocycles. The number of anilines is 1. The standard InChI is InChI=1S/C25H30N2O6/c1-25(2,3)33-24(30)27-21-14-17(31-4)11-12-18(21)19(22(28)15-9-10-15)13-16-7-6-8-20(26-16)23(29)32-5/h6-8,11-12,14-15,19H,9-10,13H2,1-5H3,(H,27,30). The predicted molar refractivity (Wildman–Crippen MR) is 123 cm³/mol. The van der Waals surface area contributed by atoms with E-state index in [0.29, 0.717) is 22.7 Å². The van der Waals surface area contributed by atoms with E-state index in [1.54, 1.807) is 57.2 Å². The van der Waals surface area contributed by atoms with Crippen LogP contribution in [0.25, 0.3) is 0 Å². The highest BCUT2D eigenvalue weighted by Crippen LogP contribution is 2.40. The van der Waals surface area contributed by atoms with Gasteiger partial charge in [0.1, 0.15) is 22.8 Å². The summed E-state index contributed by atoms with van der Waals surface area (Å²) < 4.78 is 15.5. The summed E-state index contributed by atoms with van der Waals surface area (Å²) in [6, 6.07) is 10.2. The van der Waals surface area contributed by atoms with Crippen molar-refractivity contribution in [3.63, 3.8) is 0 Å². The van der Waals surface area contributed by atoms with Gasteiger partial charge < -0.3 is 14.2 Å². The highest BCUT2D eigenvalue weighted by atomic mass is 16.6. The average molecular weight is 455 g/mol. The van der Waals surface area contributed by atoms with E-state index in [1.165, 1.54) is 14.2 Å². The van der Waals surface area contributed by atoms with Crippen LogP contribution in [0.1, 0.15) is 61.3 Å². The smallest absolute Gasteiger partial charge is 0.412 e. The number of carbonyl (C=O) groups excluding carboxylic acids is 3. The average Bonchev–Trinajstić information content (AvgIpc) is 3.61. The van der Waals surface area contributed by atoms with Crippen molar-refractivity contribution in [3.05, 3.63) is 53.3 Å². The fraction of sp³-hybridized carbons (Fsp3) is 0.440. The number of ether oxygens (including phenoxy) is 3. The lowest BCUT2D eigenvalue weighted by molar-refractivity contribution is -0.121. The van der Waals surface area contributed by atoms with Gasteiger partial charge in [-0.25, -0.2) is 14.6 Å². The largest absolute Gasteiger partial charge is 0.497 e. The molecule has 1 saturated carbocycles. The lowest BCUT2D eigenvalue weighted by Gasteiger charge is -2.23. The minimum absolute atomic E-state index is 0.0183. The van der Waals surface area contributed by atoms with E-state index in [-0.39, 0.29) is 23.8 Å². The minimum atomic E-state index is -0.676. The second kappa shape index (κ2) is 10.0. The van der Waals surface area contributed by atoms with Crippen LogP contribution >= 0.6 is 0 Å². The topological polar surface area (TPSA) is 104 Å². The lowest BCUT2D eigenvalue weighted by atomic mass is 9.86. The predicted octanol–water partition coefficient (Wildman–Crippen LogP) is 4.53. The molecule has 0 radical (unpaired) electrons. The second-order valence-electron chi connectivity index (χ2n) is 9.02. The summed E-state index contributed by atoms with van der Waals surface area (Å²) in [5.74, 6) is -0.506. The maximum absolute atomic E-state index is 13.3. The number of nitrogens with zero attached hydrogens (tertiary/aromatic N) is 1. The highest BCUT2D eigenvalue weighted by Gasteiger charge is 2.37. The molecule has 33 heavy (non-hydrogen) atoms. The summed E-state index contributed by atoms with van der Waals surface area (Å²) in [6.45, 7) is 5.33. The fourth-order valence-corrected chi connectivity index (χ4v) is 3.52. The van der Waals surface area contributed by atoms with Gasteiger partial charge in [0.25, 0.3) is 0 Å². The zero-order valence-electron chi connectivity index (χ0n) is 19.6. The zero-order valence-corrected chi connectivity index (χ0v) is 19.6. The Labute approximate surface area is 193 Å². The number of hydrogen-bond donors (Lipinski definition) is 1. The Morgan fingerprint density at radius 3 is 2.45 bits per heavy atom. The second-order valence-corrected chi connectivity index (χ2v) is 9.02. The molecular formula is C25H30N2O6. The Hall–Kier alpha value is -3.42. The van der Waals surface area contributed by atoms with Crippen molar-refractivity contribution < 1.29 is 28.6 Å². The molecule has 1 aliphatic carbocycles. The Morgan fingerprint density at radius 2 is 1.85 bits per heavy atom. The molecule has 1 aliphatic rings. The van der Waals surface area contributed by atoms with Crippen molar-refractivity contribution >= 4 is 23.5 Å². The summed E-state index contributed by atoms with van der Waals surface area (Å²) in [6.07, 6.45) is 1.34. The van der Waals surface area contributed by atoms with Gasteiger partial charge in [0.05, 0.1) is 25.8 Å².